The smallest absolute Gasteiger partial charge is 0.338 e. The topological polar surface area (TPSA) is 80.8 Å². The van der Waals surface area contributed by atoms with Gasteiger partial charge in [-0.1, -0.05) is 41.6 Å². The molecule has 0 fully saturated rings. The molecule has 1 heterocycles. The molecule has 6 nitrogen and oxygen atoms in total. The molecule has 0 aliphatic carbocycles. The Morgan fingerprint density at radius 1 is 0.730 bits per heavy atom. The van der Waals surface area contributed by atoms with Crippen LogP contribution in [0.3, 0.4) is 0 Å². The second-order valence-electron chi connectivity index (χ2n) is 8.12. The Kier molecular flexibility index (Phi) is 6.90. The van der Waals surface area contributed by atoms with Gasteiger partial charge in [0.25, 0.3) is 11.8 Å². The van der Waals surface area contributed by atoms with Gasteiger partial charge in [-0.3, -0.25) is 14.4 Å². The number of carbonyl (C=O) groups excluding carboxylic acids is 4. The molecule has 0 atom stereocenters. The van der Waals surface area contributed by atoms with Gasteiger partial charge in [-0.15, -0.1) is 0 Å². The van der Waals surface area contributed by atoms with Gasteiger partial charge in [-0.2, -0.15) is 0 Å². The number of hydrogen-bond acceptors (Lipinski definition) is 6. The first-order chi connectivity index (χ1) is 17.9. The van der Waals surface area contributed by atoms with Crippen molar-refractivity contribution in [1.29, 1.82) is 0 Å². The SMILES string of the molecule is O=C(COC(=O)c1ccc2c(c1)C(=O)N(c1ccc(Sc3ccccc3)cc1)C2=O)c1ccc(Cl)cc1. The van der Waals surface area contributed by atoms with Crippen LogP contribution in [0.4, 0.5) is 5.69 Å². The fourth-order valence-electron chi connectivity index (χ4n) is 3.82. The zero-order valence-corrected chi connectivity index (χ0v) is 20.8. The normalized spacial score (nSPS) is 12.4. The zero-order chi connectivity index (χ0) is 25.9. The molecule has 0 bridgehead atoms. The molecule has 0 unspecified atom stereocenters. The first-order valence-corrected chi connectivity index (χ1v) is 12.4. The van der Waals surface area contributed by atoms with Crippen LogP contribution >= 0.6 is 23.4 Å². The molecule has 4 aromatic carbocycles. The molecule has 1 aliphatic heterocycles. The summed E-state index contributed by atoms with van der Waals surface area (Å²) in [6.45, 7) is -0.468. The number of esters is 1. The van der Waals surface area contributed by atoms with Crippen molar-refractivity contribution < 1.29 is 23.9 Å². The number of Topliss-reactive ketones (excluding diaryl/α,β-unsaturated/α-hetero) is 1. The Morgan fingerprint density at radius 3 is 2.05 bits per heavy atom. The van der Waals surface area contributed by atoms with Crippen molar-refractivity contribution in [2.24, 2.45) is 0 Å². The van der Waals surface area contributed by atoms with Crippen molar-refractivity contribution in [3.8, 4) is 0 Å². The fourth-order valence-corrected chi connectivity index (χ4v) is 4.79. The maximum atomic E-state index is 13.1. The van der Waals surface area contributed by atoms with Crippen LogP contribution in [0.5, 0.6) is 0 Å². The van der Waals surface area contributed by atoms with Crippen LogP contribution in [-0.4, -0.2) is 30.2 Å². The largest absolute Gasteiger partial charge is 0.454 e. The highest BCUT2D eigenvalue weighted by Crippen LogP contribution is 2.32. The van der Waals surface area contributed by atoms with Gasteiger partial charge in [0.15, 0.2) is 12.4 Å². The highest BCUT2D eigenvalue weighted by Gasteiger charge is 2.37. The molecule has 0 aromatic heterocycles. The van der Waals surface area contributed by atoms with Crippen LogP contribution in [0.25, 0.3) is 0 Å². The molecule has 0 saturated carbocycles. The third-order valence-corrected chi connectivity index (χ3v) is 6.96. The van der Waals surface area contributed by atoms with E-state index in [1.807, 2.05) is 42.5 Å². The summed E-state index contributed by atoms with van der Waals surface area (Å²) in [4.78, 5) is 54.1. The number of carbonyl (C=O) groups is 4. The molecule has 0 N–H and O–H groups in total. The van der Waals surface area contributed by atoms with E-state index in [0.29, 0.717) is 16.3 Å². The Labute approximate surface area is 221 Å². The lowest BCUT2D eigenvalue weighted by molar-refractivity contribution is 0.0474. The predicted molar refractivity (Wildman–Crippen MR) is 141 cm³/mol. The number of hydrogen-bond donors (Lipinski definition) is 0. The summed E-state index contributed by atoms with van der Waals surface area (Å²) in [7, 11) is 0. The van der Waals surface area contributed by atoms with E-state index in [-0.39, 0.29) is 16.7 Å². The van der Waals surface area contributed by atoms with E-state index in [2.05, 4.69) is 0 Å². The first-order valence-electron chi connectivity index (χ1n) is 11.2. The van der Waals surface area contributed by atoms with E-state index in [9.17, 15) is 19.2 Å². The molecular weight excluding hydrogens is 510 g/mol. The molecule has 4 aromatic rings. The van der Waals surface area contributed by atoms with Gasteiger partial charge in [-0.25, -0.2) is 9.69 Å². The van der Waals surface area contributed by atoms with Crippen LogP contribution in [0.2, 0.25) is 5.02 Å². The summed E-state index contributed by atoms with van der Waals surface area (Å²) in [6.07, 6.45) is 0. The number of fused-ring (bicyclic) bond motifs is 1. The number of rotatable bonds is 7. The van der Waals surface area contributed by atoms with Crippen LogP contribution in [0.15, 0.2) is 107 Å². The van der Waals surface area contributed by atoms with Crippen LogP contribution in [-0.2, 0) is 4.74 Å². The van der Waals surface area contributed by atoms with Gasteiger partial charge in [-0.05, 0) is 78.9 Å². The van der Waals surface area contributed by atoms with E-state index in [0.717, 1.165) is 14.7 Å². The minimum absolute atomic E-state index is 0.0697. The molecule has 182 valence electrons. The van der Waals surface area contributed by atoms with Crippen molar-refractivity contribution in [3.05, 3.63) is 124 Å². The highest BCUT2D eigenvalue weighted by atomic mass is 35.5. The molecule has 1 aliphatic rings. The molecule has 0 saturated heterocycles. The van der Waals surface area contributed by atoms with Crippen LogP contribution in [0, 0.1) is 0 Å². The molecule has 0 spiro atoms. The summed E-state index contributed by atoms with van der Waals surface area (Å²) in [6, 6.07) is 27.3. The third kappa shape index (κ3) is 5.18. The average Bonchev–Trinajstić information content (AvgIpc) is 3.17. The van der Waals surface area contributed by atoms with Gasteiger partial charge < -0.3 is 4.74 Å². The van der Waals surface area contributed by atoms with Crippen molar-refractivity contribution in [1.82, 2.24) is 0 Å². The van der Waals surface area contributed by atoms with Crippen LogP contribution in [0.1, 0.15) is 41.4 Å². The van der Waals surface area contributed by atoms with Gasteiger partial charge in [0.05, 0.1) is 22.4 Å². The molecule has 37 heavy (non-hydrogen) atoms. The van der Waals surface area contributed by atoms with Gasteiger partial charge in [0.1, 0.15) is 0 Å². The number of nitrogens with zero attached hydrogens (tertiary/aromatic N) is 1. The van der Waals surface area contributed by atoms with E-state index < -0.39 is 30.2 Å². The monoisotopic (exact) mass is 527 g/mol. The Bertz CT molecular complexity index is 1520. The first kappa shape index (κ1) is 24.5. The van der Waals surface area contributed by atoms with Gasteiger partial charge >= 0.3 is 5.97 Å². The van der Waals surface area contributed by atoms with Crippen molar-refractivity contribution in [3.63, 3.8) is 0 Å². The van der Waals surface area contributed by atoms with Crippen LogP contribution < -0.4 is 4.90 Å². The van der Waals surface area contributed by atoms with E-state index in [1.54, 1.807) is 48.2 Å². The summed E-state index contributed by atoms with van der Waals surface area (Å²) in [5.74, 6) is -2.17. The van der Waals surface area contributed by atoms with Crippen molar-refractivity contribution in [2.75, 3.05) is 11.5 Å². The average molecular weight is 528 g/mol. The highest BCUT2D eigenvalue weighted by molar-refractivity contribution is 7.99. The standard InChI is InChI=1S/C29H18ClNO5S/c30-20-9-6-18(7-10-20)26(32)17-36-29(35)19-8-15-24-25(16-19)28(34)31(27(24)33)21-11-13-23(14-12-21)37-22-4-2-1-3-5-22/h1-16H,17H2. The summed E-state index contributed by atoms with van der Waals surface area (Å²) < 4.78 is 5.14. The number of benzene rings is 4. The molecule has 5 rings (SSSR count). The van der Waals surface area contributed by atoms with Crippen molar-refractivity contribution in [2.45, 2.75) is 9.79 Å². The maximum Gasteiger partial charge on any atom is 0.338 e. The van der Waals surface area contributed by atoms with E-state index >= 15 is 0 Å². The second-order valence-corrected chi connectivity index (χ2v) is 9.70. The Balaban J connectivity index is 1.28. The number of imide groups is 1. The van der Waals surface area contributed by atoms with E-state index in [4.69, 9.17) is 16.3 Å². The predicted octanol–water partition coefficient (Wildman–Crippen LogP) is 6.33. The number of amides is 2. The minimum atomic E-state index is -0.772. The summed E-state index contributed by atoms with van der Waals surface area (Å²) in [5.41, 5.74) is 1.16. The maximum absolute atomic E-state index is 13.1. The third-order valence-electron chi connectivity index (χ3n) is 5.70. The van der Waals surface area contributed by atoms with Crippen molar-refractivity contribution >= 4 is 52.6 Å². The number of ether oxygens (including phenoxy) is 1. The summed E-state index contributed by atoms with van der Waals surface area (Å²) >= 11 is 7.39. The Hall–Kier alpha value is -4.20. The number of halogens is 1. The second kappa shape index (κ2) is 10.4. The summed E-state index contributed by atoms with van der Waals surface area (Å²) in [5, 5.41) is 0.488. The molecule has 8 heteroatoms. The molecule has 2 amide bonds. The van der Waals surface area contributed by atoms with E-state index in [1.165, 1.54) is 18.2 Å². The van der Waals surface area contributed by atoms with Gasteiger partial charge in [0.2, 0.25) is 0 Å². The number of anilines is 1. The lowest BCUT2D eigenvalue weighted by atomic mass is 10.1. The quantitative estimate of drug-likeness (QED) is 0.159. The fraction of sp³-hybridized carbons (Fsp3) is 0.0345. The lowest BCUT2D eigenvalue weighted by Crippen LogP contribution is -2.29. The number of ketones is 1. The Morgan fingerprint density at radius 2 is 1.35 bits per heavy atom. The lowest BCUT2D eigenvalue weighted by Gasteiger charge is -2.14. The molecular formula is C29H18ClNO5S. The zero-order valence-electron chi connectivity index (χ0n) is 19.2. The molecule has 0 radical (unpaired) electrons. The minimum Gasteiger partial charge on any atom is -0.454 e. The van der Waals surface area contributed by atoms with Gasteiger partial charge in [0, 0.05) is 20.4 Å².